The first-order valence-corrected chi connectivity index (χ1v) is 5.11. The molecule has 0 aliphatic heterocycles. The minimum Gasteiger partial charge on any atom is -0.465 e. The van der Waals surface area contributed by atoms with Crippen LogP contribution in [0, 0.1) is 0 Å². The third-order valence-corrected chi connectivity index (χ3v) is 2.47. The molecular formula is C11H10O3S. The van der Waals surface area contributed by atoms with Crippen molar-refractivity contribution in [1.29, 1.82) is 0 Å². The number of esters is 1. The first-order valence-electron chi connectivity index (χ1n) is 4.23. The Kier molecular flexibility index (Phi) is 4.63. The predicted molar refractivity (Wildman–Crippen MR) is 58.8 cm³/mol. The average Bonchev–Trinajstić information content (AvgIpc) is 2.29. The number of hydrogen-bond donors (Lipinski definition) is 0. The van der Waals surface area contributed by atoms with Gasteiger partial charge in [-0.05, 0) is 35.7 Å². The van der Waals surface area contributed by atoms with E-state index in [-0.39, 0.29) is 5.97 Å². The molecule has 0 amide bonds. The number of methoxy groups -OCH3 is 1. The summed E-state index contributed by atoms with van der Waals surface area (Å²) >= 11 is 1.41. The summed E-state index contributed by atoms with van der Waals surface area (Å²) in [7, 11) is 1.35. The number of thioether (sulfide) groups is 1. The third-order valence-electron chi connectivity index (χ3n) is 1.64. The van der Waals surface area contributed by atoms with E-state index in [1.165, 1.54) is 24.9 Å². The Balaban J connectivity index is 2.68. The zero-order valence-electron chi connectivity index (χ0n) is 8.17. The molecule has 0 unspecified atom stereocenters. The van der Waals surface area contributed by atoms with Crippen molar-refractivity contribution in [3.63, 3.8) is 0 Å². The molecule has 0 heterocycles. The summed E-state index contributed by atoms with van der Waals surface area (Å²) in [6, 6.07) is 6.96. The van der Waals surface area contributed by atoms with E-state index < -0.39 is 0 Å². The maximum Gasteiger partial charge on any atom is 0.337 e. The minimum absolute atomic E-state index is 0.352. The predicted octanol–water partition coefficient (Wildman–Crippen LogP) is 2.28. The van der Waals surface area contributed by atoms with Crippen LogP contribution in [0.5, 0.6) is 0 Å². The molecule has 1 aromatic carbocycles. The van der Waals surface area contributed by atoms with Crippen LogP contribution in [0.3, 0.4) is 0 Å². The van der Waals surface area contributed by atoms with Crippen LogP contribution in [-0.4, -0.2) is 19.4 Å². The Morgan fingerprint density at radius 2 is 2.00 bits per heavy atom. The van der Waals surface area contributed by atoms with Gasteiger partial charge in [0.2, 0.25) is 0 Å². The van der Waals surface area contributed by atoms with Crippen molar-refractivity contribution in [3.8, 4) is 0 Å². The lowest BCUT2D eigenvalue weighted by Gasteiger charge is -1.99. The van der Waals surface area contributed by atoms with E-state index in [4.69, 9.17) is 0 Å². The molecule has 0 bridgehead atoms. The maximum absolute atomic E-state index is 11.1. The van der Waals surface area contributed by atoms with Crippen molar-refractivity contribution in [2.24, 2.45) is 0 Å². The summed E-state index contributed by atoms with van der Waals surface area (Å²) in [5.41, 5.74) is 0.515. The minimum atomic E-state index is -0.352. The largest absolute Gasteiger partial charge is 0.465 e. The summed E-state index contributed by atoms with van der Waals surface area (Å²) in [5, 5.41) is 1.68. The molecule has 0 N–H and O–H groups in total. The molecule has 0 saturated heterocycles. The Morgan fingerprint density at radius 3 is 2.53 bits per heavy atom. The second kappa shape index (κ2) is 6.03. The van der Waals surface area contributed by atoms with Crippen LogP contribution in [-0.2, 0) is 9.53 Å². The number of rotatable bonds is 4. The number of ether oxygens (including phenoxy) is 1. The van der Waals surface area contributed by atoms with Crippen LogP contribution in [0.15, 0.2) is 40.6 Å². The fourth-order valence-corrected chi connectivity index (χ4v) is 1.53. The SMILES string of the molecule is COC(=O)c1ccc(S/C=C/C=O)cc1. The van der Waals surface area contributed by atoms with Gasteiger partial charge in [0.15, 0.2) is 0 Å². The van der Waals surface area contributed by atoms with E-state index in [9.17, 15) is 9.59 Å². The van der Waals surface area contributed by atoms with Gasteiger partial charge in [-0.2, -0.15) is 0 Å². The standard InChI is InChI=1S/C11H10O3S/c1-14-11(13)9-3-5-10(6-4-9)15-8-2-7-12/h2-8H,1H3/b8-2+. The van der Waals surface area contributed by atoms with Crippen LogP contribution in [0.1, 0.15) is 10.4 Å². The Morgan fingerprint density at radius 1 is 1.33 bits per heavy atom. The number of benzene rings is 1. The first-order chi connectivity index (χ1) is 7.27. The molecule has 0 spiro atoms. The topological polar surface area (TPSA) is 43.4 Å². The first kappa shape index (κ1) is 11.5. The third kappa shape index (κ3) is 3.59. The highest BCUT2D eigenvalue weighted by molar-refractivity contribution is 8.02. The van der Waals surface area contributed by atoms with Crippen LogP contribution >= 0.6 is 11.8 Å². The molecule has 15 heavy (non-hydrogen) atoms. The van der Waals surface area contributed by atoms with Crippen LogP contribution in [0.2, 0.25) is 0 Å². The van der Waals surface area contributed by atoms with Crippen LogP contribution < -0.4 is 0 Å². The van der Waals surface area contributed by atoms with E-state index in [2.05, 4.69) is 4.74 Å². The van der Waals surface area contributed by atoms with Crippen molar-refractivity contribution < 1.29 is 14.3 Å². The lowest BCUT2D eigenvalue weighted by Crippen LogP contribution is -1.99. The molecule has 0 aliphatic rings. The molecule has 0 fully saturated rings. The summed E-state index contributed by atoms with van der Waals surface area (Å²) < 4.78 is 4.57. The molecule has 4 heteroatoms. The monoisotopic (exact) mass is 222 g/mol. The summed E-state index contributed by atoms with van der Waals surface area (Å²) in [6.45, 7) is 0. The molecule has 0 aromatic heterocycles. The van der Waals surface area contributed by atoms with Gasteiger partial charge in [-0.1, -0.05) is 11.8 Å². The van der Waals surface area contributed by atoms with Crippen LogP contribution in [0.25, 0.3) is 0 Å². The molecule has 1 rings (SSSR count). The summed E-state index contributed by atoms with van der Waals surface area (Å²) in [4.78, 5) is 22.1. The zero-order chi connectivity index (χ0) is 11.1. The van der Waals surface area contributed by atoms with Gasteiger partial charge < -0.3 is 4.74 Å². The van der Waals surface area contributed by atoms with E-state index in [1.54, 1.807) is 29.7 Å². The van der Waals surface area contributed by atoms with Gasteiger partial charge in [-0.25, -0.2) is 4.79 Å². The normalized spacial score (nSPS) is 10.2. The van der Waals surface area contributed by atoms with Gasteiger partial charge in [0, 0.05) is 4.90 Å². The van der Waals surface area contributed by atoms with Crippen LogP contribution in [0.4, 0.5) is 0 Å². The highest BCUT2D eigenvalue weighted by atomic mass is 32.2. The van der Waals surface area contributed by atoms with E-state index >= 15 is 0 Å². The average molecular weight is 222 g/mol. The molecule has 0 radical (unpaired) electrons. The van der Waals surface area contributed by atoms with Crippen molar-refractivity contribution in [3.05, 3.63) is 41.3 Å². The fourth-order valence-electron chi connectivity index (χ4n) is 0.937. The molecular weight excluding hydrogens is 212 g/mol. The molecule has 0 atom stereocenters. The smallest absolute Gasteiger partial charge is 0.337 e. The molecule has 0 saturated carbocycles. The van der Waals surface area contributed by atoms with Crippen molar-refractivity contribution in [1.82, 2.24) is 0 Å². The van der Waals surface area contributed by atoms with E-state index in [0.717, 1.165) is 11.2 Å². The van der Waals surface area contributed by atoms with E-state index in [1.807, 2.05) is 0 Å². The zero-order valence-corrected chi connectivity index (χ0v) is 8.99. The molecule has 1 aromatic rings. The number of carbonyl (C=O) groups is 2. The van der Waals surface area contributed by atoms with Gasteiger partial charge in [0.1, 0.15) is 6.29 Å². The maximum atomic E-state index is 11.1. The Hall–Kier alpha value is -1.55. The molecule has 78 valence electrons. The summed E-state index contributed by atoms with van der Waals surface area (Å²) in [6.07, 6.45) is 2.13. The second-order valence-corrected chi connectivity index (χ2v) is 3.58. The Labute approximate surface area is 92.1 Å². The van der Waals surface area contributed by atoms with E-state index in [0.29, 0.717) is 5.56 Å². The van der Waals surface area contributed by atoms with Crippen molar-refractivity contribution >= 4 is 24.0 Å². The van der Waals surface area contributed by atoms with Gasteiger partial charge >= 0.3 is 5.97 Å². The number of hydrogen-bond acceptors (Lipinski definition) is 4. The summed E-state index contributed by atoms with van der Waals surface area (Å²) in [5.74, 6) is -0.352. The fraction of sp³-hybridized carbons (Fsp3) is 0.0909. The number of carbonyl (C=O) groups excluding carboxylic acids is 2. The second-order valence-electron chi connectivity index (χ2n) is 2.60. The number of aldehydes is 1. The highest BCUT2D eigenvalue weighted by Crippen LogP contribution is 2.19. The van der Waals surface area contributed by atoms with Gasteiger partial charge in [0.25, 0.3) is 0 Å². The Bertz CT molecular complexity index is 368. The lowest BCUT2D eigenvalue weighted by atomic mass is 10.2. The number of allylic oxidation sites excluding steroid dienone is 1. The quantitative estimate of drug-likeness (QED) is 0.339. The van der Waals surface area contributed by atoms with Gasteiger partial charge in [-0.3, -0.25) is 4.79 Å². The van der Waals surface area contributed by atoms with Gasteiger partial charge in [0.05, 0.1) is 12.7 Å². The molecule has 0 aliphatic carbocycles. The van der Waals surface area contributed by atoms with Crippen molar-refractivity contribution in [2.75, 3.05) is 7.11 Å². The van der Waals surface area contributed by atoms with Crippen molar-refractivity contribution in [2.45, 2.75) is 4.90 Å². The lowest BCUT2D eigenvalue weighted by molar-refractivity contribution is -0.104. The molecule has 3 nitrogen and oxygen atoms in total. The highest BCUT2D eigenvalue weighted by Gasteiger charge is 2.03. The van der Waals surface area contributed by atoms with Gasteiger partial charge in [-0.15, -0.1) is 0 Å².